The van der Waals surface area contributed by atoms with Crippen molar-refractivity contribution >= 4 is 11.9 Å². The van der Waals surface area contributed by atoms with E-state index in [-0.39, 0.29) is 17.5 Å². The smallest absolute Gasteiger partial charge is 0.335 e. The lowest BCUT2D eigenvalue weighted by atomic mass is 9.88. The van der Waals surface area contributed by atoms with Gasteiger partial charge >= 0.3 is 5.97 Å². The van der Waals surface area contributed by atoms with Crippen LogP contribution in [0.4, 0.5) is 0 Å². The number of carbonyl (C=O) groups is 2. The monoisotopic (exact) mass is 424 g/mol. The van der Waals surface area contributed by atoms with E-state index in [1.165, 1.54) is 0 Å². The number of ether oxygens (including phenoxy) is 1. The van der Waals surface area contributed by atoms with Crippen LogP contribution in [0.15, 0.2) is 54.6 Å². The van der Waals surface area contributed by atoms with Crippen molar-refractivity contribution < 1.29 is 19.4 Å². The van der Waals surface area contributed by atoms with Crippen LogP contribution in [-0.4, -0.2) is 35.7 Å². The number of carbonyl (C=O) groups excluding carboxylic acids is 1. The van der Waals surface area contributed by atoms with Gasteiger partial charge in [-0.2, -0.15) is 0 Å². The van der Waals surface area contributed by atoms with Crippen molar-refractivity contribution in [2.75, 3.05) is 13.2 Å². The molecule has 1 aliphatic carbocycles. The fourth-order valence-electron chi connectivity index (χ4n) is 4.12. The molecular weight excluding hydrogens is 392 g/mol. The zero-order chi connectivity index (χ0) is 22.1. The van der Waals surface area contributed by atoms with E-state index in [1.807, 2.05) is 37.3 Å². The first-order valence-electron chi connectivity index (χ1n) is 11.1. The fourth-order valence-corrected chi connectivity index (χ4v) is 4.12. The van der Waals surface area contributed by atoms with E-state index in [0.29, 0.717) is 13.2 Å². The molecule has 3 rings (SSSR count). The van der Waals surface area contributed by atoms with Gasteiger partial charge in [-0.15, -0.1) is 0 Å². The SMILES string of the molecule is C[C@H](NC(=O)C1(NCCOc2ccccc2)CCCCCC1)c1ccc(C(=O)O)cc1. The van der Waals surface area contributed by atoms with Gasteiger partial charge in [0, 0.05) is 6.54 Å². The van der Waals surface area contributed by atoms with E-state index in [4.69, 9.17) is 9.84 Å². The van der Waals surface area contributed by atoms with Crippen molar-refractivity contribution in [3.8, 4) is 5.75 Å². The van der Waals surface area contributed by atoms with Crippen molar-refractivity contribution in [3.63, 3.8) is 0 Å². The maximum absolute atomic E-state index is 13.4. The number of para-hydroxylation sites is 1. The van der Waals surface area contributed by atoms with E-state index in [2.05, 4.69) is 10.6 Å². The van der Waals surface area contributed by atoms with Gasteiger partial charge in [-0.1, -0.05) is 56.0 Å². The number of aromatic carboxylic acids is 1. The summed E-state index contributed by atoms with van der Waals surface area (Å²) >= 11 is 0. The molecule has 1 saturated carbocycles. The summed E-state index contributed by atoms with van der Waals surface area (Å²) in [5, 5.41) is 15.7. The minimum absolute atomic E-state index is 0.00363. The average molecular weight is 425 g/mol. The maximum atomic E-state index is 13.4. The van der Waals surface area contributed by atoms with Gasteiger partial charge < -0.3 is 15.2 Å². The summed E-state index contributed by atoms with van der Waals surface area (Å²) in [6.07, 6.45) is 5.92. The summed E-state index contributed by atoms with van der Waals surface area (Å²) in [7, 11) is 0. The Morgan fingerprint density at radius 3 is 2.26 bits per heavy atom. The number of hydrogen-bond acceptors (Lipinski definition) is 4. The minimum atomic E-state index is -0.956. The molecule has 0 aliphatic heterocycles. The van der Waals surface area contributed by atoms with Crippen molar-refractivity contribution in [3.05, 3.63) is 65.7 Å². The average Bonchev–Trinajstić information content (AvgIpc) is 3.04. The van der Waals surface area contributed by atoms with Crippen molar-refractivity contribution in [1.82, 2.24) is 10.6 Å². The molecular formula is C25H32N2O4. The molecule has 0 aromatic heterocycles. The van der Waals surface area contributed by atoms with Gasteiger partial charge in [0.25, 0.3) is 0 Å². The summed E-state index contributed by atoms with van der Waals surface area (Å²) in [5.74, 6) is -0.131. The third kappa shape index (κ3) is 6.31. The van der Waals surface area contributed by atoms with Gasteiger partial charge in [0.05, 0.1) is 17.1 Å². The van der Waals surface area contributed by atoms with Gasteiger partial charge in [-0.25, -0.2) is 4.79 Å². The Kier molecular flexibility index (Phi) is 8.06. The molecule has 2 aromatic rings. The highest BCUT2D eigenvalue weighted by Gasteiger charge is 2.38. The van der Waals surface area contributed by atoms with Crippen LogP contribution in [0.2, 0.25) is 0 Å². The first-order chi connectivity index (χ1) is 15.0. The van der Waals surface area contributed by atoms with Crippen LogP contribution < -0.4 is 15.4 Å². The molecule has 31 heavy (non-hydrogen) atoms. The highest BCUT2D eigenvalue weighted by molar-refractivity contribution is 5.88. The summed E-state index contributed by atoms with van der Waals surface area (Å²) in [6.45, 7) is 3.01. The Labute approximate surface area is 184 Å². The van der Waals surface area contributed by atoms with Crippen LogP contribution in [0, 0.1) is 0 Å². The van der Waals surface area contributed by atoms with E-state index in [1.54, 1.807) is 24.3 Å². The lowest BCUT2D eigenvalue weighted by Gasteiger charge is -2.34. The van der Waals surface area contributed by atoms with Crippen molar-refractivity contribution in [1.29, 1.82) is 0 Å². The Bertz CT molecular complexity index is 844. The van der Waals surface area contributed by atoms with Gasteiger partial charge in [-0.05, 0) is 49.6 Å². The maximum Gasteiger partial charge on any atom is 0.335 e. The van der Waals surface area contributed by atoms with E-state index in [9.17, 15) is 9.59 Å². The molecule has 166 valence electrons. The number of carboxylic acid groups (broad SMARTS) is 1. The highest BCUT2D eigenvalue weighted by Crippen LogP contribution is 2.28. The molecule has 1 fully saturated rings. The normalized spacial score (nSPS) is 16.7. The first-order valence-corrected chi connectivity index (χ1v) is 11.1. The lowest BCUT2D eigenvalue weighted by molar-refractivity contribution is -0.129. The summed E-state index contributed by atoms with van der Waals surface area (Å²) in [5.41, 5.74) is 0.517. The number of hydrogen-bond donors (Lipinski definition) is 3. The third-order valence-corrected chi connectivity index (χ3v) is 5.97. The highest BCUT2D eigenvalue weighted by atomic mass is 16.5. The molecule has 0 saturated heterocycles. The first kappa shape index (κ1) is 22.8. The van der Waals surface area contributed by atoms with Crippen LogP contribution >= 0.6 is 0 Å². The minimum Gasteiger partial charge on any atom is -0.492 e. The molecule has 2 aromatic carbocycles. The molecule has 0 spiro atoms. The van der Waals surface area contributed by atoms with Crippen molar-refractivity contribution in [2.24, 2.45) is 0 Å². The van der Waals surface area contributed by atoms with Gasteiger partial charge in [0.15, 0.2) is 0 Å². The Morgan fingerprint density at radius 1 is 1.00 bits per heavy atom. The summed E-state index contributed by atoms with van der Waals surface area (Å²) in [6, 6.07) is 16.1. The Balaban J connectivity index is 1.62. The number of carboxylic acids is 1. The summed E-state index contributed by atoms with van der Waals surface area (Å²) in [4.78, 5) is 24.5. The molecule has 1 aliphatic rings. The molecule has 1 atom stereocenters. The van der Waals surface area contributed by atoms with Gasteiger partial charge in [0.1, 0.15) is 12.4 Å². The Hall–Kier alpha value is -2.86. The predicted octanol–water partition coefficient (Wildman–Crippen LogP) is 4.32. The van der Waals surface area contributed by atoms with Gasteiger partial charge in [-0.3, -0.25) is 10.1 Å². The standard InChI is InChI=1S/C25H32N2O4/c1-19(20-11-13-21(14-12-20)23(28)29)27-24(30)25(15-7-2-3-8-16-25)26-17-18-31-22-9-5-4-6-10-22/h4-6,9-14,19,26H,2-3,7-8,15-18H2,1H3,(H,27,30)(H,28,29)/t19-/m0/s1. The Morgan fingerprint density at radius 2 is 1.65 bits per heavy atom. The van der Waals surface area contributed by atoms with Crippen LogP contribution in [0.3, 0.4) is 0 Å². The number of rotatable bonds is 9. The second kappa shape index (κ2) is 11.0. The second-order valence-corrected chi connectivity index (χ2v) is 8.21. The molecule has 0 heterocycles. The predicted molar refractivity (Wildman–Crippen MR) is 120 cm³/mol. The van der Waals surface area contributed by atoms with E-state index >= 15 is 0 Å². The molecule has 6 nitrogen and oxygen atoms in total. The molecule has 0 unspecified atom stereocenters. The number of amides is 1. The van der Waals surface area contributed by atoms with Crippen LogP contribution in [0.25, 0.3) is 0 Å². The molecule has 0 radical (unpaired) electrons. The molecule has 3 N–H and O–H groups in total. The zero-order valence-electron chi connectivity index (χ0n) is 18.1. The van der Waals surface area contributed by atoms with E-state index in [0.717, 1.165) is 49.8 Å². The van der Waals surface area contributed by atoms with Crippen LogP contribution in [-0.2, 0) is 4.79 Å². The second-order valence-electron chi connectivity index (χ2n) is 8.21. The summed E-state index contributed by atoms with van der Waals surface area (Å²) < 4.78 is 5.79. The number of benzene rings is 2. The van der Waals surface area contributed by atoms with E-state index < -0.39 is 11.5 Å². The molecule has 0 bridgehead atoms. The largest absolute Gasteiger partial charge is 0.492 e. The van der Waals surface area contributed by atoms with Crippen molar-refractivity contribution in [2.45, 2.75) is 57.0 Å². The lowest BCUT2D eigenvalue weighted by Crippen LogP contribution is -2.57. The fraction of sp³-hybridized carbons (Fsp3) is 0.440. The quantitative estimate of drug-likeness (QED) is 0.412. The molecule has 1 amide bonds. The van der Waals surface area contributed by atoms with Crippen LogP contribution in [0.1, 0.15) is 67.4 Å². The topological polar surface area (TPSA) is 87.7 Å². The van der Waals surface area contributed by atoms with Gasteiger partial charge in [0.2, 0.25) is 5.91 Å². The number of nitrogens with one attached hydrogen (secondary N) is 2. The van der Waals surface area contributed by atoms with Crippen LogP contribution in [0.5, 0.6) is 5.75 Å². The third-order valence-electron chi connectivity index (χ3n) is 5.97. The zero-order valence-corrected chi connectivity index (χ0v) is 18.1. The molecule has 6 heteroatoms.